The molecule has 4 nitrogen and oxygen atoms in total. The Morgan fingerprint density at radius 3 is 3.10 bits per heavy atom. The van der Waals surface area contributed by atoms with Crippen molar-refractivity contribution >= 4 is 0 Å². The Morgan fingerprint density at radius 1 is 1.48 bits per heavy atom. The Bertz CT molecular complexity index is 443. The minimum absolute atomic E-state index is 0.242. The molecule has 21 heavy (non-hydrogen) atoms. The Balaban J connectivity index is 1.83. The van der Waals surface area contributed by atoms with Crippen molar-refractivity contribution in [2.24, 2.45) is 5.92 Å². The standard InChI is InChI=1S/C15H23F2N3O/c1-2-18-8-11-3-4-13-12(7-11)9-19-15(20-13)5-6-21-10-14(16)17/h9,11,14,18H,2-8,10H2,1H3. The van der Waals surface area contributed by atoms with Crippen LogP contribution in [-0.2, 0) is 24.0 Å². The third kappa shape index (κ3) is 5.28. The molecule has 0 spiro atoms. The van der Waals surface area contributed by atoms with Gasteiger partial charge in [-0.1, -0.05) is 6.92 Å². The fraction of sp³-hybridized carbons (Fsp3) is 0.733. The minimum atomic E-state index is -2.41. The molecule has 1 aromatic heterocycles. The van der Waals surface area contributed by atoms with Crippen molar-refractivity contribution in [3.8, 4) is 0 Å². The maximum Gasteiger partial charge on any atom is 0.261 e. The molecule has 0 aliphatic heterocycles. The summed E-state index contributed by atoms with van der Waals surface area (Å²) >= 11 is 0. The minimum Gasteiger partial charge on any atom is -0.375 e. The molecule has 1 unspecified atom stereocenters. The van der Waals surface area contributed by atoms with Crippen LogP contribution in [0.1, 0.15) is 30.4 Å². The van der Waals surface area contributed by atoms with Crippen LogP contribution in [0.2, 0.25) is 0 Å². The topological polar surface area (TPSA) is 47.0 Å². The highest BCUT2D eigenvalue weighted by molar-refractivity contribution is 5.21. The summed E-state index contributed by atoms with van der Waals surface area (Å²) in [6.07, 6.45) is 3.09. The molecule has 118 valence electrons. The lowest BCUT2D eigenvalue weighted by atomic mass is 9.87. The Labute approximate surface area is 124 Å². The summed E-state index contributed by atoms with van der Waals surface area (Å²) in [4.78, 5) is 8.87. The van der Waals surface area contributed by atoms with E-state index in [-0.39, 0.29) is 6.61 Å². The second-order valence-corrected chi connectivity index (χ2v) is 5.39. The van der Waals surface area contributed by atoms with Crippen LogP contribution in [-0.4, -0.2) is 42.7 Å². The van der Waals surface area contributed by atoms with E-state index in [0.717, 1.165) is 38.0 Å². The second-order valence-electron chi connectivity index (χ2n) is 5.39. The lowest BCUT2D eigenvalue weighted by Gasteiger charge is -2.24. The van der Waals surface area contributed by atoms with E-state index in [1.54, 1.807) is 0 Å². The molecule has 1 aliphatic rings. The number of rotatable bonds is 8. The zero-order chi connectivity index (χ0) is 15.1. The molecule has 0 amide bonds. The van der Waals surface area contributed by atoms with Gasteiger partial charge in [0.25, 0.3) is 6.43 Å². The first-order chi connectivity index (χ1) is 10.2. The number of aromatic nitrogens is 2. The summed E-state index contributed by atoms with van der Waals surface area (Å²) in [5, 5.41) is 3.38. The van der Waals surface area contributed by atoms with Crippen molar-refractivity contribution in [2.45, 2.75) is 39.0 Å². The van der Waals surface area contributed by atoms with Gasteiger partial charge in [-0.25, -0.2) is 18.7 Å². The Morgan fingerprint density at radius 2 is 2.33 bits per heavy atom. The highest BCUT2D eigenvalue weighted by atomic mass is 19.3. The highest BCUT2D eigenvalue weighted by Gasteiger charge is 2.20. The largest absolute Gasteiger partial charge is 0.375 e. The Hall–Kier alpha value is -1.14. The SMILES string of the molecule is CCNCC1CCc2nc(CCOCC(F)F)ncc2C1. The van der Waals surface area contributed by atoms with Crippen LogP contribution in [0.5, 0.6) is 0 Å². The first-order valence-corrected chi connectivity index (χ1v) is 7.59. The maximum absolute atomic E-state index is 11.9. The average Bonchev–Trinajstić information content (AvgIpc) is 2.49. The number of nitrogens with one attached hydrogen (secondary N) is 1. The van der Waals surface area contributed by atoms with E-state index in [9.17, 15) is 8.78 Å². The number of ether oxygens (including phenoxy) is 1. The highest BCUT2D eigenvalue weighted by Crippen LogP contribution is 2.23. The maximum atomic E-state index is 11.9. The van der Waals surface area contributed by atoms with E-state index in [1.807, 2.05) is 6.20 Å². The summed E-state index contributed by atoms with van der Waals surface area (Å²) < 4.78 is 28.8. The van der Waals surface area contributed by atoms with Gasteiger partial charge < -0.3 is 10.1 Å². The van der Waals surface area contributed by atoms with Gasteiger partial charge in [0.2, 0.25) is 0 Å². The molecule has 0 aromatic carbocycles. The summed E-state index contributed by atoms with van der Waals surface area (Å²) in [7, 11) is 0. The molecule has 2 rings (SSSR count). The molecular formula is C15H23F2N3O. The van der Waals surface area contributed by atoms with Gasteiger partial charge in [0.1, 0.15) is 12.4 Å². The van der Waals surface area contributed by atoms with E-state index in [2.05, 4.69) is 22.2 Å². The summed E-state index contributed by atoms with van der Waals surface area (Å²) in [5.41, 5.74) is 2.34. The smallest absolute Gasteiger partial charge is 0.261 e. The van der Waals surface area contributed by atoms with Crippen molar-refractivity contribution in [2.75, 3.05) is 26.3 Å². The molecule has 1 heterocycles. The molecule has 0 saturated heterocycles. The third-order valence-electron chi connectivity index (χ3n) is 3.70. The fourth-order valence-corrected chi connectivity index (χ4v) is 2.60. The number of hydrogen-bond donors (Lipinski definition) is 1. The van der Waals surface area contributed by atoms with Gasteiger partial charge in [-0.05, 0) is 43.8 Å². The van der Waals surface area contributed by atoms with Crippen LogP contribution < -0.4 is 5.32 Å². The quantitative estimate of drug-likeness (QED) is 0.746. The predicted molar refractivity (Wildman–Crippen MR) is 76.6 cm³/mol. The molecule has 0 fully saturated rings. The number of hydrogen-bond acceptors (Lipinski definition) is 4. The normalized spacial score (nSPS) is 18.0. The second kappa shape index (κ2) is 8.34. The van der Waals surface area contributed by atoms with Gasteiger partial charge in [-0.3, -0.25) is 0 Å². The summed E-state index contributed by atoms with van der Waals surface area (Å²) in [5.74, 6) is 1.34. The van der Waals surface area contributed by atoms with E-state index < -0.39 is 13.0 Å². The van der Waals surface area contributed by atoms with Crippen molar-refractivity contribution in [1.82, 2.24) is 15.3 Å². The molecule has 1 atom stereocenters. The van der Waals surface area contributed by atoms with Gasteiger partial charge in [0, 0.05) is 18.3 Å². The van der Waals surface area contributed by atoms with Crippen LogP contribution in [0.25, 0.3) is 0 Å². The molecule has 0 saturated carbocycles. The molecule has 0 radical (unpaired) electrons. The first kappa shape index (κ1) is 16.2. The summed E-state index contributed by atoms with van der Waals surface area (Å²) in [6.45, 7) is 3.88. The van der Waals surface area contributed by atoms with E-state index in [1.165, 1.54) is 5.56 Å². The van der Waals surface area contributed by atoms with Crippen LogP contribution >= 0.6 is 0 Å². The Kier molecular flexibility index (Phi) is 6.45. The zero-order valence-corrected chi connectivity index (χ0v) is 12.4. The molecule has 6 heteroatoms. The van der Waals surface area contributed by atoms with Gasteiger partial charge in [-0.2, -0.15) is 0 Å². The van der Waals surface area contributed by atoms with Crippen molar-refractivity contribution in [3.63, 3.8) is 0 Å². The number of nitrogens with zero attached hydrogens (tertiary/aromatic N) is 2. The number of aryl methyl sites for hydroxylation is 1. The molecule has 1 aliphatic carbocycles. The lowest BCUT2D eigenvalue weighted by molar-refractivity contribution is 0.0182. The number of alkyl halides is 2. The lowest BCUT2D eigenvalue weighted by Crippen LogP contribution is -2.28. The summed E-state index contributed by atoms with van der Waals surface area (Å²) in [6, 6.07) is 0. The van der Waals surface area contributed by atoms with E-state index in [0.29, 0.717) is 18.2 Å². The van der Waals surface area contributed by atoms with Gasteiger partial charge >= 0.3 is 0 Å². The first-order valence-electron chi connectivity index (χ1n) is 7.59. The monoisotopic (exact) mass is 299 g/mol. The van der Waals surface area contributed by atoms with Crippen molar-refractivity contribution in [1.29, 1.82) is 0 Å². The fourth-order valence-electron chi connectivity index (χ4n) is 2.60. The number of fused-ring (bicyclic) bond motifs is 1. The number of halogens is 2. The third-order valence-corrected chi connectivity index (χ3v) is 3.70. The predicted octanol–water partition coefficient (Wildman–Crippen LogP) is 2.02. The van der Waals surface area contributed by atoms with Crippen LogP contribution in [0.4, 0.5) is 8.78 Å². The van der Waals surface area contributed by atoms with E-state index in [4.69, 9.17) is 4.74 Å². The molecule has 1 aromatic rings. The van der Waals surface area contributed by atoms with Crippen LogP contribution in [0.3, 0.4) is 0 Å². The van der Waals surface area contributed by atoms with E-state index >= 15 is 0 Å². The van der Waals surface area contributed by atoms with Gasteiger partial charge in [0.05, 0.1) is 6.61 Å². The molecular weight excluding hydrogens is 276 g/mol. The zero-order valence-electron chi connectivity index (χ0n) is 12.4. The average molecular weight is 299 g/mol. The van der Waals surface area contributed by atoms with Crippen LogP contribution in [0, 0.1) is 5.92 Å². The molecule has 1 N–H and O–H groups in total. The van der Waals surface area contributed by atoms with Gasteiger partial charge in [-0.15, -0.1) is 0 Å². The van der Waals surface area contributed by atoms with Gasteiger partial charge in [0.15, 0.2) is 0 Å². The van der Waals surface area contributed by atoms with Crippen molar-refractivity contribution < 1.29 is 13.5 Å². The molecule has 0 bridgehead atoms. The van der Waals surface area contributed by atoms with Crippen LogP contribution in [0.15, 0.2) is 6.20 Å². The van der Waals surface area contributed by atoms with Crippen molar-refractivity contribution in [3.05, 3.63) is 23.3 Å².